The highest BCUT2D eigenvalue weighted by Crippen LogP contribution is 2.31. The minimum absolute atomic E-state index is 0.278. The van der Waals surface area contributed by atoms with Crippen LogP contribution in [0.2, 0.25) is 10.0 Å². The maximum atomic E-state index is 13.1. The fourth-order valence-electron chi connectivity index (χ4n) is 3.19. The van der Waals surface area contributed by atoms with E-state index in [4.69, 9.17) is 23.2 Å². The summed E-state index contributed by atoms with van der Waals surface area (Å²) in [5.41, 5.74) is 3.76. The van der Waals surface area contributed by atoms with Gasteiger partial charge in [0.2, 0.25) is 0 Å². The second-order valence-electron chi connectivity index (χ2n) is 6.73. The van der Waals surface area contributed by atoms with Gasteiger partial charge in [-0.25, -0.2) is 8.78 Å². The molecule has 0 fully saturated rings. The second kappa shape index (κ2) is 8.39. The normalized spacial score (nSPS) is 10.8. The van der Waals surface area contributed by atoms with Gasteiger partial charge in [0.25, 0.3) is 0 Å². The maximum Gasteiger partial charge on any atom is 0.196 e. The number of hydrogen-bond acceptors (Lipinski definition) is 1. The molecule has 5 heteroatoms. The van der Waals surface area contributed by atoms with Crippen LogP contribution in [0.1, 0.15) is 15.9 Å². The Hall–Kier alpha value is -3.01. The van der Waals surface area contributed by atoms with Crippen LogP contribution in [0.4, 0.5) is 8.78 Å². The molecule has 30 heavy (non-hydrogen) atoms. The van der Waals surface area contributed by atoms with E-state index in [2.05, 4.69) is 0 Å². The van der Waals surface area contributed by atoms with Gasteiger partial charge >= 0.3 is 0 Å². The van der Waals surface area contributed by atoms with Crippen molar-refractivity contribution in [2.24, 2.45) is 0 Å². The number of carbonyl (C=O) groups is 1. The molecule has 4 aromatic rings. The molecule has 0 N–H and O–H groups in total. The minimum Gasteiger partial charge on any atom is -0.288 e. The van der Waals surface area contributed by atoms with E-state index >= 15 is 0 Å². The number of benzene rings is 4. The lowest BCUT2D eigenvalue weighted by molar-refractivity contribution is 0.103. The summed E-state index contributed by atoms with van der Waals surface area (Å²) in [5, 5.41) is 0.556. The summed E-state index contributed by atoms with van der Waals surface area (Å²) in [6.45, 7) is 0. The van der Waals surface area contributed by atoms with Crippen molar-refractivity contribution >= 4 is 29.0 Å². The molecule has 0 saturated heterocycles. The predicted octanol–water partition coefficient (Wildman–Crippen LogP) is 7.84. The third-order valence-electron chi connectivity index (χ3n) is 4.78. The molecule has 0 atom stereocenters. The largest absolute Gasteiger partial charge is 0.288 e. The van der Waals surface area contributed by atoms with Crippen LogP contribution in [0.3, 0.4) is 0 Å². The lowest BCUT2D eigenvalue weighted by Crippen LogP contribution is -2.03. The van der Waals surface area contributed by atoms with Crippen LogP contribution >= 0.6 is 23.2 Å². The van der Waals surface area contributed by atoms with Gasteiger partial charge in [0.05, 0.1) is 10.0 Å². The second-order valence-corrected chi connectivity index (χ2v) is 7.55. The highest BCUT2D eigenvalue weighted by Gasteiger charge is 2.17. The molecule has 0 heterocycles. The molecular weight excluding hydrogens is 425 g/mol. The number of carbonyl (C=O) groups excluding carboxylic acids is 1. The van der Waals surface area contributed by atoms with Crippen molar-refractivity contribution < 1.29 is 13.6 Å². The van der Waals surface area contributed by atoms with Crippen molar-refractivity contribution in [1.82, 2.24) is 0 Å². The van der Waals surface area contributed by atoms with Crippen molar-refractivity contribution in [1.29, 1.82) is 0 Å². The summed E-state index contributed by atoms with van der Waals surface area (Å²) in [6.07, 6.45) is 0. The Morgan fingerprint density at radius 3 is 1.20 bits per heavy atom. The molecule has 0 bridgehead atoms. The lowest BCUT2D eigenvalue weighted by atomic mass is 9.97. The highest BCUT2D eigenvalue weighted by molar-refractivity contribution is 6.38. The van der Waals surface area contributed by atoms with Crippen molar-refractivity contribution in [3.63, 3.8) is 0 Å². The van der Waals surface area contributed by atoms with Crippen LogP contribution < -0.4 is 0 Å². The van der Waals surface area contributed by atoms with Gasteiger partial charge < -0.3 is 0 Å². The summed E-state index contributed by atoms with van der Waals surface area (Å²) >= 11 is 12.8. The minimum atomic E-state index is -0.324. The van der Waals surface area contributed by atoms with E-state index < -0.39 is 0 Å². The van der Waals surface area contributed by atoms with Crippen LogP contribution in [0, 0.1) is 11.6 Å². The van der Waals surface area contributed by atoms with E-state index in [0.717, 1.165) is 22.3 Å². The first kappa shape index (κ1) is 20.3. The van der Waals surface area contributed by atoms with Gasteiger partial charge in [-0.2, -0.15) is 0 Å². The Kier molecular flexibility index (Phi) is 5.67. The van der Waals surface area contributed by atoms with Crippen molar-refractivity contribution in [3.05, 3.63) is 118 Å². The van der Waals surface area contributed by atoms with Crippen LogP contribution in [-0.2, 0) is 0 Å². The zero-order chi connectivity index (χ0) is 21.3. The van der Waals surface area contributed by atoms with Crippen LogP contribution in [0.15, 0.2) is 84.9 Å². The molecule has 0 amide bonds. The average Bonchev–Trinajstić information content (AvgIpc) is 2.74. The Bertz CT molecular complexity index is 1140. The van der Waals surface area contributed by atoms with E-state index in [1.807, 2.05) is 0 Å². The molecule has 4 rings (SSSR count). The third kappa shape index (κ3) is 4.13. The van der Waals surface area contributed by atoms with Crippen LogP contribution in [0.25, 0.3) is 22.3 Å². The summed E-state index contributed by atoms with van der Waals surface area (Å²) in [6, 6.07) is 22.2. The van der Waals surface area contributed by atoms with Crippen LogP contribution in [0.5, 0.6) is 0 Å². The SMILES string of the molecule is O=C(c1ccc(-c2ccc(F)cc2)cc1Cl)c1ccc(-c2ccc(F)cc2)cc1Cl. The van der Waals surface area contributed by atoms with E-state index in [0.29, 0.717) is 11.1 Å². The first-order valence-electron chi connectivity index (χ1n) is 9.08. The highest BCUT2D eigenvalue weighted by atomic mass is 35.5. The number of hydrogen-bond donors (Lipinski definition) is 0. The fourth-order valence-corrected chi connectivity index (χ4v) is 3.72. The number of ketones is 1. The van der Waals surface area contributed by atoms with Gasteiger partial charge in [-0.3, -0.25) is 4.79 Å². The average molecular weight is 439 g/mol. The molecule has 0 aliphatic carbocycles. The predicted molar refractivity (Wildman–Crippen MR) is 117 cm³/mol. The molecule has 0 unspecified atom stereocenters. The Balaban J connectivity index is 1.64. The molecule has 1 nitrogen and oxygen atoms in total. The number of halogens is 4. The fraction of sp³-hybridized carbons (Fsp3) is 0. The van der Waals surface area contributed by atoms with Crippen molar-refractivity contribution in [2.45, 2.75) is 0 Å². The summed E-state index contributed by atoms with van der Waals surface area (Å²) in [5.74, 6) is -0.952. The summed E-state index contributed by atoms with van der Waals surface area (Å²) in [4.78, 5) is 13.0. The first-order chi connectivity index (χ1) is 14.4. The van der Waals surface area contributed by atoms with Gasteiger partial charge in [-0.1, -0.05) is 59.6 Å². The molecule has 0 radical (unpaired) electrons. The molecule has 0 spiro atoms. The van der Waals surface area contributed by atoms with Crippen LogP contribution in [-0.4, -0.2) is 5.78 Å². The Morgan fingerprint density at radius 2 is 0.867 bits per heavy atom. The maximum absolute atomic E-state index is 13.1. The summed E-state index contributed by atoms with van der Waals surface area (Å²) < 4.78 is 26.3. The molecule has 0 aliphatic rings. The number of rotatable bonds is 4. The quantitative estimate of drug-likeness (QED) is 0.296. The van der Waals surface area contributed by atoms with Gasteiger partial charge in [-0.15, -0.1) is 0 Å². The van der Waals surface area contributed by atoms with E-state index in [9.17, 15) is 13.6 Å². The van der Waals surface area contributed by atoms with E-state index in [-0.39, 0.29) is 27.5 Å². The zero-order valence-electron chi connectivity index (χ0n) is 15.5. The summed E-state index contributed by atoms with van der Waals surface area (Å²) in [7, 11) is 0. The van der Waals surface area contributed by atoms with Crippen molar-refractivity contribution in [2.75, 3.05) is 0 Å². The first-order valence-corrected chi connectivity index (χ1v) is 9.83. The molecule has 148 valence electrons. The topological polar surface area (TPSA) is 17.1 Å². The third-order valence-corrected chi connectivity index (χ3v) is 5.41. The van der Waals surface area contributed by atoms with Gasteiger partial charge in [0.1, 0.15) is 11.6 Å². The molecule has 4 aromatic carbocycles. The monoisotopic (exact) mass is 438 g/mol. The van der Waals surface area contributed by atoms with E-state index in [1.165, 1.54) is 24.3 Å². The van der Waals surface area contributed by atoms with Gasteiger partial charge in [0, 0.05) is 11.1 Å². The molecule has 0 aromatic heterocycles. The molecule has 0 aliphatic heterocycles. The molecular formula is C25H14Cl2F2O. The van der Waals surface area contributed by atoms with Crippen molar-refractivity contribution in [3.8, 4) is 22.3 Å². The van der Waals surface area contributed by atoms with E-state index in [1.54, 1.807) is 60.7 Å². The van der Waals surface area contributed by atoms with Gasteiger partial charge in [-0.05, 0) is 70.8 Å². The standard InChI is InChI=1S/C25H14Cl2F2O/c26-23-13-17(15-1-7-19(28)8-2-15)5-11-21(23)25(30)22-12-6-18(14-24(22)27)16-3-9-20(29)10-4-16/h1-14H. The molecule has 0 saturated carbocycles. The van der Waals surface area contributed by atoms with Gasteiger partial charge in [0.15, 0.2) is 5.78 Å². The Labute approximate surface area is 182 Å². The smallest absolute Gasteiger partial charge is 0.196 e. The Morgan fingerprint density at radius 1 is 0.533 bits per heavy atom. The zero-order valence-corrected chi connectivity index (χ0v) is 17.0. The lowest BCUT2D eigenvalue weighted by Gasteiger charge is -2.10.